The van der Waals surface area contributed by atoms with Crippen molar-refractivity contribution < 1.29 is 9.53 Å². The third-order valence-electron chi connectivity index (χ3n) is 3.78. The number of guanidine groups is 1. The van der Waals surface area contributed by atoms with Gasteiger partial charge in [-0.1, -0.05) is 12.1 Å². The average molecular weight is 360 g/mol. The Kier molecular flexibility index (Phi) is 6.94. The lowest BCUT2D eigenvalue weighted by atomic mass is 10.1. The molecular formula is C18H24N4O2S. The second kappa shape index (κ2) is 9.17. The van der Waals surface area contributed by atoms with Crippen molar-refractivity contribution >= 4 is 23.3 Å². The summed E-state index contributed by atoms with van der Waals surface area (Å²) in [6.45, 7) is 5.50. The van der Waals surface area contributed by atoms with Crippen LogP contribution >= 0.6 is 11.3 Å². The van der Waals surface area contributed by atoms with E-state index < -0.39 is 0 Å². The van der Waals surface area contributed by atoms with E-state index in [2.05, 4.69) is 27.5 Å². The quantitative estimate of drug-likeness (QED) is 0.470. The lowest BCUT2D eigenvalue weighted by Crippen LogP contribution is -2.37. The van der Waals surface area contributed by atoms with Crippen LogP contribution in [0.2, 0.25) is 0 Å². The maximum absolute atomic E-state index is 11.4. The monoisotopic (exact) mass is 360 g/mol. The largest absolute Gasteiger partial charge is 0.465 e. The molecule has 25 heavy (non-hydrogen) atoms. The molecule has 134 valence electrons. The van der Waals surface area contributed by atoms with Crippen LogP contribution < -0.4 is 10.6 Å². The Morgan fingerprint density at radius 1 is 1.24 bits per heavy atom. The maximum atomic E-state index is 11.4. The summed E-state index contributed by atoms with van der Waals surface area (Å²) in [5.74, 6) is 0.429. The zero-order chi connectivity index (χ0) is 18.2. The highest BCUT2D eigenvalue weighted by Gasteiger charge is 2.06. The van der Waals surface area contributed by atoms with Gasteiger partial charge in [-0.25, -0.2) is 9.78 Å². The molecule has 2 rings (SSSR count). The number of hydrogen-bond acceptors (Lipinski definition) is 5. The molecule has 0 atom stereocenters. The summed E-state index contributed by atoms with van der Waals surface area (Å²) in [6.07, 6.45) is 0.831. The first-order valence-corrected chi connectivity index (χ1v) is 8.89. The zero-order valence-corrected chi connectivity index (χ0v) is 15.9. The van der Waals surface area contributed by atoms with Gasteiger partial charge in [0.25, 0.3) is 0 Å². The lowest BCUT2D eigenvalue weighted by Gasteiger charge is -2.11. The fourth-order valence-corrected chi connectivity index (χ4v) is 3.12. The standard InChI is InChI=1S/C18H24N4O2S/c1-12-13(2)25-16(22-12)11-21-18(19-3)20-10-9-14-5-7-15(8-6-14)17(23)24-4/h5-8H,9-11H2,1-4H3,(H2,19,20,21). The molecule has 0 aliphatic carbocycles. The van der Waals surface area contributed by atoms with Crippen molar-refractivity contribution in [2.24, 2.45) is 4.99 Å². The molecule has 2 aromatic rings. The van der Waals surface area contributed by atoms with Crippen LogP contribution in [0.3, 0.4) is 0 Å². The molecule has 0 amide bonds. The molecule has 0 fully saturated rings. The van der Waals surface area contributed by atoms with Crippen LogP contribution in [0.5, 0.6) is 0 Å². The first-order chi connectivity index (χ1) is 12.0. The number of nitrogens with zero attached hydrogens (tertiary/aromatic N) is 2. The Labute approximate surface area is 152 Å². The maximum Gasteiger partial charge on any atom is 0.337 e. The fraction of sp³-hybridized carbons (Fsp3) is 0.389. The third kappa shape index (κ3) is 5.56. The average Bonchev–Trinajstić information content (AvgIpc) is 2.95. The van der Waals surface area contributed by atoms with Crippen molar-refractivity contribution in [3.05, 3.63) is 51.0 Å². The number of hydrogen-bond donors (Lipinski definition) is 2. The number of aliphatic imine (C=N–C) groups is 1. The van der Waals surface area contributed by atoms with Gasteiger partial charge < -0.3 is 15.4 Å². The van der Waals surface area contributed by atoms with E-state index in [1.807, 2.05) is 19.1 Å². The number of aromatic nitrogens is 1. The van der Waals surface area contributed by atoms with Gasteiger partial charge in [0.2, 0.25) is 0 Å². The number of carbonyl (C=O) groups excluding carboxylic acids is 1. The van der Waals surface area contributed by atoms with Crippen molar-refractivity contribution in [3.8, 4) is 0 Å². The summed E-state index contributed by atoms with van der Waals surface area (Å²) < 4.78 is 4.70. The van der Waals surface area contributed by atoms with Crippen LogP contribution in [0.1, 0.15) is 31.5 Å². The molecule has 0 bridgehead atoms. The van der Waals surface area contributed by atoms with Gasteiger partial charge in [-0.2, -0.15) is 0 Å². The number of nitrogens with one attached hydrogen (secondary N) is 2. The van der Waals surface area contributed by atoms with Crippen molar-refractivity contribution in [2.45, 2.75) is 26.8 Å². The Bertz CT molecular complexity index is 719. The molecule has 1 heterocycles. The summed E-state index contributed by atoms with van der Waals surface area (Å²) in [5.41, 5.74) is 2.78. The molecule has 1 aromatic carbocycles. The first-order valence-electron chi connectivity index (χ1n) is 8.08. The summed E-state index contributed by atoms with van der Waals surface area (Å²) in [4.78, 5) is 21.4. The van der Waals surface area contributed by atoms with Crippen molar-refractivity contribution in [1.29, 1.82) is 0 Å². The molecule has 2 N–H and O–H groups in total. The van der Waals surface area contributed by atoms with Crippen molar-refractivity contribution in [1.82, 2.24) is 15.6 Å². The Morgan fingerprint density at radius 3 is 2.52 bits per heavy atom. The smallest absolute Gasteiger partial charge is 0.337 e. The molecule has 1 aromatic heterocycles. The number of ether oxygens (including phenoxy) is 1. The molecule has 0 spiro atoms. The van der Waals surface area contributed by atoms with Gasteiger partial charge in [0.05, 0.1) is 24.9 Å². The highest BCUT2D eigenvalue weighted by molar-refractivity contribution is 7.11. The second-order valence-electron chi connectivity index (χ2n) is 5.54. The van der Waals surface area contributed by atoms with Crippen molar-refractivity contribution in [3.63, 3.8) is 0 Å². The van der Waals surface area contributed by atoms with E-state index in [4.69, 9.17) is 4.74 Å². The summed E-state index contributed by atoms with van der Waals surface area (Å²) in [5, 5.41) is 7.60. The minimum Gasteiger partial charge on any atom is -0.465 e. The van der Waals surface area contributed by atoms with Crippen LogP contribution in [0.4, 0.5) is 0 Å². The minimum atomic E-state index is -0.318. The second-order valence-corrected chi connectivity index (χ2v) is 6.83. The zero-order valence-electron chi connectivity index (χ0n) is 15.0. The van der Waals surface area contributed by atoms with Gasteiger partial charge in [0.1, 0.15) is 5.01 Å². The summed E-state index contributed by atoms with van der Waals surface area (Å²) in [7, 11) is 3.13. The predicted molar refractivity (Wildman–Crippen MR) is 101 cm³/mol. The number of rotatable bonds is 6. The summed E-state index contributed by atoms with van der Waals surface area (Å²) in [6, 6.07) is 7.43. The minimum absolute atomic E-state index is 0.318. The molecule has 0 aliphatic rings. The Balaban J connectivity index is 1.78. The van der Waals surface area contributed by atoms with E-state index in [0.29, 0.717) is 12.1 Å². The van der Waals surface area contributed by atoms with Gasteiger partial charge >= 0.3 is 5.97 Å². The molecular weight excluding hydrogens is 336 g/mol. The van der Waals surface area contributed by atoms with Crippen LogP contribution in [0.25, 0.3) is 0 Å². The highest BCUT2D eigenvalue weighted by atomic mass is 32.1. The number of esters is 1. The highest BCUT2D eigenvalue weighted by Crippen LogP contribution is 2.15. The topological polar surface area (TPSA) is 75.6 Å². The third-order valence-corrected chi connectivity index (χ3v) is 4.86. The predicted octanol–water partition coefficient (Wildman–Crippen LogP) is 2.45. The number of benzene rings is 1. The van der Waals surface area contributed by atoms with E-state index in [9.17, 15) is 4.79 Å². The van der Waals surface area contributed by atoms with Gasteiger partial charge in [-0.3, -0.25) is 4.99 Å². The number of carbonyl (C=O) groups is 1. The normalized spacial score (nSPS) is 11.3. The van der Waals surface area contributed by atoms with Gasteiger partial charge in [-0.15, -0.1) is 11.3 Å². The molecule has 0 saturated heterocycles. The first kappa shape index (κ1) is 18.9. The van der Waals surface area contributed by atoms with Gasteiger partial charge in [-0.05, 0) is 38.0 Å². The number of methoxy groups -OCH3 is 1. The molecule has 0 unspecified atom stereocenters. The van der Waals surface area contributed by atoms with E-state index in [1.165, 1.54) is 12.0 Å². The van der Waals surface area contributed by atoms with Crippen LogP contribution in [-0.2, 0) is 17.7 Å². The molecule has 7 heteroatoms. The SMILES string of the molecule is CN=C(NCCc1ccc(C(=O)OC)cc1)NCc1nc(C)c(C)s1. The fourth-order valence-electron chi connectivity index (χ4n) is 2.25. The van der Waals surface area contributed by atoms with E-state index in [1.54, 1.807) is 30.5 Å². The molecule has 0 saturated carbocycles. The Hall–Kier alpha value is -2.41. The van der Waals surface area contributed by atoms with E-state index >= 15 is 0 Å². The van der Waals surface area contributed by atoms with Gasteiger partial charge in [0, 0.05) is 18.5 Å². The number of aryl methyl sites for hydroxylation is 2. The Morgan fingerprint density at radius 2 is 1.96 bits per heavy atom. The number of thiazole rings is 1. The van der Waals surface area contributed by atoms with Crippen LogP contribution in [-0.4, -0.2) is 37.6 Å². The van der Waals surface area contributed by atoms with Crippen LogP contribution in [0.15, 0.2) is 29.3 Å². The van der Waals surface area contributed by atoms with E-state index in [0.717, 1.165) is 35.2 Å². The lowest BCUT2D eigenvalue weighted by molar-refractivity contribution is 0.0600. The van der Waals surface area contributed by atoms with E-state index in [-0.39, 0.29) is 5.97 Å². The van der Waals surface area contributed by atoms with Crippen LogP contribution in [0, 0.1) is 13.8 Å². The summed E-state index contributed by atoms with van der Waals surface area (Å²) >= 11 is 1.70. The van der Waals surface area contributed by atoms with Crippen molar-refractivity contribution in [2.75, 3.05) is 20.7 Å². The van der Waals surface area contributed by atoms with Gasteiger partial charge in [0.15, 0.2) is 5.96 Å². The molecule has 0 radical (unpaired) electrons. The molecule has 6 nitrogen and oxygen atoms in total. The molecule has 0 aliphatic heterocycles.